The van der Waals surface area contributed by atoms with Crippen molar-refractivity contribution in [2.45, 2.75) is 31.7 Å². The van der Waals surface area contributed by atoms with Gasteiger partial charge in [-0.2, -0.15) is 0 Å². The molecule has 0 aromatic carbocycles. The maximum absolute atomic E-state index is 12.2. The largest absolute Gasteiger partial charge is 0.313 e. The molecule has 1 saturated heterocycles. The molecule has 4 heteroatoms. The van der Waals surface area contributed by atoms with E-state index in [1.165, 1.54) is 19.3 Å². The third-order valence-electron chi connectivity index (χ3n) is 4.13. The van der Waals surface area contributed by atoms with Crippen molar-refractivity contribution in [3.63, 3.8) is 0 Å². The molecule has 92 valence electrons. The van der Waals surface area contributed by atoms with E-state index in [-0.39, 0.29) is 0 Å². The number of hydrogen-bond acceptors (Lipinski definition) is 3. The molecule has 1 N–H and O–H groups in total. The third kappa shape index (κ3) is 2.35. The molecule has 0 amide bonds. The van der Waals surface area contributed by atoms with Crippen LogP contribution < -0.4 is 5.32 Å². The van der Waals surface area contributed by atoms with Crippen molar-refractivity contribution in [2.75, 3.05) is 6.54 Å². The molecule has 0 spiro atoms. The van der Waals surface area contributed by atoms with E-state index in [4.69, 9.17) is 0 Å². The Labute approximate surface area is 114 Å². The highest BCUT2D eigenvalue weighted by Gasteiger charge is 2.39. The Kier molecular flexibility index (Phi) is 3.37. The van der Waals surface area contributed by atoms with Crippen molar-refractivity contribution in [3.05, 3.63) is 20.8 Å². The second-order valence-electron chi connectivity index (χ2n) is 5.10. The number of thiophene rings is 1. The van der Waals surface area contributed by atoms with Crippen LogP contribution in [0.15, 0.2) is 15.9 Å². The van der Waals surface area contributed by atoms with Gasteiger partial charge in [0.05, 0.1) is 8.66 Å². The Bertz CT molecular complexity index is 431. The molecule has 1 saturated carbocycles. The Balaban J connectivity index is 1.65. The normalized spacial score (nSPS) is 31.7. The van der Waals surface area contributed by atoms with Crippen molar-refractivity contribution in [1.29, 1.82) is 0 Å². The van der Waals surface area contributed by atoms with Crippen LogP contribution in [0.25, 0.3) is 0 Å². The molecule has 2 fully saturated rings. The van der Waals surface area contributed by atoms with Crippen molar-refractivity contribution in [1.82, 2.24) is 5.32 Å². The lowest BCUT2D eigenvalue weighted by molar-refractivity contribution is 0.0967. The number of carbonyl (C=O) groups excluding carboxylic acids is 1. The SMILES string of the molecule is O=C(CC1NCC2CCCC21)c1ccc(Br)s1. The predicted octanol–water partition coefficient (Wildman–Crippen LogP) is 3.47. The van der Waals surface area contributed by atoms with Gasteiger partial charge in [-0.15, -0.1) is 11.3 Å². The smallest absolute Gasteiger partial charge is 0.174 e. The summed E-state index contributed by atoms with van der Waals surface area (Å²) in [5.41, 5.74) is 0. The fraction of sp³-hybridized carbons (Fsp3) is 0.615. The molecule has 1 aliphatic heterocycles. The molecule has 0 radical (unpaired) electrons. The van der Waals surface area contributed by atoms with Crippen LogP contribution in [-0.2, 0) is 0 Å². The minimum atomic E-state index is 0.297. The van der Waals surface area contributed by atoms with Crippen molar-refractivity contribution >= 4 is 33.0 Å². The molecule has 2 nitrogen and oxygen atoms in total. The first kappa shape index (κ1) is 11.9. The van der Waals surface area contributed by atoms with E-state index in [1.807, 2.05) is 12.1 Å². The number of carbonyl (C=O) groups is 1. The molecule has 3 rings (SSSR count). The maximum Gasteiger partial charge on any atom is 0.174 e. The van der Waals surface area contributed by atoms with E-state index >= 15 is 0 Å². The van der Waals surface area contributed by atoms with E-state index in [9.17, 15) is 4.79 Å². The van der Waals surface area contributed by atoms with Gasteiger partial charge in [0.15, 0.2) is 5.78 Å². The quantitative estimate of drug-likeness (QED) is 0.866. The molecule has 3 unspecified atom stereocenters. The standard InChI is InChI=1S/C13H16BrNOS/c14-13-5-4-12(17-13)11(16)6-10-9-3-1-2-8(9)7-15-10/h4-5,8-10,15H,1-3,6-7H2. The van der Waals surface area contributed by atoms with Gasteiger partial charge in [0.2, 0.25) is 0 Å². The van der Waals surface area contributed by atoms with Gasteiger partial charge >= 0.3 is 0 Å². The minimum Gasteiger partial charge on any atom is -0.313 e. The first-order valence-electron chi connectivity index (χ1n) is 6.26. The lowest BCUT2D eigenvalue weighted by Crippen LogP contribution is -2.29. The number of Topliss-reactive ketones (excluding diaryl/α,β-unsaturated/α-hetero) is 1. The highest BCUT2D eigenvalue weighted by Crippen LogP contribution is 2.39. The van der Waals surface area contributed by atoms with E-state index in [0.29, 0.717) is 18.2 Å². The third-order valence-corrected chi connectivity index (χ3v) is 5.79. The second kappa shape index (κ2) is 4.82. The van der Waals surface area contributed by atoms with Crippen molar-refractivity contribution in [2.24, 2.45) is 11.8 Å². The fourth-order valence-corrected chi connectivity index (χ4v) is 4.63. The zero-order valence-electron chi connectivity index (χ0n) is 9.62. The van der Waals surface area contributed by atoms with Crippen LogP contribution in [0.2, 0.25) is 0 Å². The summed E-state index contributed by atoms with van der Waals surface area (Å²) in [6.07, 6.45) is 4.69. The summed E-state index contributed by atoms with van der Waals surface area (Å²) in [4.78, 5) is 13.0. The summed E-state index contributed by atoms with van der Waals surface area (Å²) in [7, 11) is 0. The minimum absolute atomic E-state index is 0.297. The van der Waals surface area contributed by atoms with Gasteiger partial charge in [0.25, 0.3) is 0 Å². The van der Waals surface area contributed by atoms with Crippen molar-refractivity contribution < 1.29 is 4.79 Å². The molecule has 0 bridgehead atoms. The Hall–Kier alpha value is -0.190. The summed E-state index contributed by atoms with van der Waals surface area (Å²) in [5, 5.41) is 3.54. The predicted molar refractivity (Wildman–Crippen MR) is 73.6 cm³/mol. The lowest BCUT2D eigenvalue weighted by Gasteiger charge is -2.16. The second-order valence-corrected chi connectivity index (χ2v) is 7.56. The topological polar surface area (TPSA) is 29.1 Å². The monoisotopic (exact) mass is 313 g/mol. The molecule has 3 atom stereocenters. The molecule has 1 aromatic heterocycles. The molecule has 1 aromatic rings. The van der Waals surface area contributed by atoms with E-state index in [0.717, 1.165) is 27.0 Å². The summed E-state index contributed by atoms with van der Waals surface area (Å²) >= 11 is 4.95. The van der Waals surface area contributed by atoms with Gasteiger partial charge < -0.3 is 5.32 Å². The van der Waals surface area contributed by atoms with Crippen LogP contribution >= 0.6 is 27.3 Å². The number of halogens is 1. The zero-order chi connectivity index (χ0) is 11.8. The highest BCUT2D eigenvalue weighted by molar-refractivity contribution is 9.11. The van der Waals surface area contributed by atoms with Gasteiger partial charge in [-0.05, 0) is 59.3 Å². The van der Waals surface area contributed by atoms with Crippen LogP contribution in [0, 0.1) is 11.8 Å². The average Bonchev–Trinajstić information content (AvgIpc) is 2.96. The van der Waals surface area contributed by atoms with Gasteiger partial charge in [-0.3, -0.25) is 4.79 Å². The number of rotatable bonds is 3. The number of hydrogen-bond donors (Lipinski definition) is 1. The van der Waals surface area contributed by atoms with Gasteiger partial charge in [0, 0.05) is 12.5 Å². The number of nitrogens with one attached hydrogen (secondary N) is 1. The van der Waals surface area contributed by atoms with Gasteiger partial charge in [0.1, 0.15) is 0 Å². The van der Waals surface area contributed by atoms with Crippen LogP contribution in [0.5, 0.6) is 0 Å². The highest BCUT2D eigenvalue weighted by atomic mass is 79.9. The van der Waals surface area contributed by atoms with E-state index in [2.05, 4.69) is 21.2 Å². The molecule has 2 heterocycles. The lowest BCUT2D eigenvalue weighted by atomic mass is 9.91. The number of ketones is 1. The molecular weight excluding hydrogens is 298 g/mol. The Morgan fingerprint density at radius 2 is 2.35 bits per heavy atom. The summed E-state index contributed by atoms with van der Waals surface area (Å²) in [6, 6.07) is 4.31. The van der Waals surface area contributed by atoms with Gasteiger partial charge in [-0.25, -0.2) is 0 Å². The number of fused-ring (bicyclic) bond motifs is 1. The fourth-order valence-electron chi connectivity index (χ4n) is 3.29. The molecule has 2 aliphatic rings. The summed E-state index contributed by atoms with van der Waals surface area (Å²) in [6.45, 7) is 1.12. The Morgan fingerprint density at radius 3 is 3.12 bits per heavy atom. The van der Waals surface area contributed by atoms with E-state index in [1.54, 1.807) is 11.3 Å². The average molecular weight is 314 g/mol. The Morgan fingerprint density at radius 1 is 1.47 bits per heavy atom. The maximum atomic E-state index is 12.2. The zero-order valence-corrected chi connectivity index (χ0v) is 12.0. The molecule has 1 aliphatic carbocycles. The first-order chi connectivity index (χ1) is 8.24. The summed E-state index contributed by atoms with van der Waals surface area (Å²) < 4.78 is 1.04. The van der Waals surface area contributed by atoms with Crippen LogP contribution in [-0.4, -0.2) is 18.4 Å². The van der Waals surface area contributed by atoms with E-state index < -0.39 is 0 Å². The van der Waals surface area contributed by atoms with Crippen LogP contribution in [0.1, 0.15) is 35.4 Å². The van der Waals surface area contributed by atoms with Crippen LogP contribution in [0.4, 0.5) is 0 Å². The molecular formula is C13H16BrNOS. The first-order valence-corrected chi connectivity index (χ1v) is 7.87. The van der Waals surface area contributed by atoms with Crippen molar-refractivity contribution in [3.8, 4) is 0 Å². The summed E-state index contributed by atoms with van der Waals surface area (Å²) in [5.74, 6) is 1.89. The van der Waals surface area contributed by atoms with Crippen LogP contribution in [0.3, 0.4) is 0 Å². The molecule has 17 heavy (non-hydrogen) atoms. The van der Waals surface area contributed by atoms with Gasteiger partial charge in [-0.1, -0.05) is 6.42 Å².